The van der Waals surface area contributed by atoms with Crippen molar-refractivity contribution in [3.8, 4) is 11.5 Å². The molecule has 1 aliphatic heterocycles. The third-order valence-electron chi connectivity index (χ3n) is 3.09. The van der Waals surface area contributed by atoms with E-state index in [0.29, 0.717) is 6.42 Å². The van der Waals surface area contributed by atoms with E-state index in [1.807, 2.05) is 19.1 Å². The molecule has 0 radical (unpaired) electrons. The van der Waals surface area contributed by atoms with Gasteiger partial charge in [-0.15, -0.1) is 0 Å². The van der Waals surface area contributed by atoms with Gasteiger partial charge >= 0.3 is 0 Å². The molecule has 94 valence electrons. The molecule has 2 atom stereocenters. The highest BCUT2D eigenvalue weighted by molar-refractivity contribution is 5.49. The van der Waals surface area contributed by atoms with Crippen LogP contribution in [-0.4, -0.2) is 24.9 Å². The van der Waals surface area contributed by atoms with Crippen molar-refractivity contribution < 1.29 is 14.6 Å². The van der Waals surface area contributed by atoms with E-state index in [0.717, 1.165) is 29.0 Å². The predicted molar refractivity (Wildman–Crippen MR) is 65.4 cm³/mol. The number of methoxy groups -OCH3 is 1. The Labute approximate surface area is 101 Å². The molecule has 3 N–H and O–H groups in total. The zero-order valence-corrected chi connectivity index (χ0v) is 10.3. The van der Waals surface area contributed by atoms with Crippen LogP contribution in [0, 0.1) is 0 Å². The van der Waals surface area contributed by atoms with Gasteiger partial charge in [0.15, 0.2) is 0 Å². The highest BCUT2D eigenvalue weighted by Gasteiger charge is 2.23. The molecule has 0 saturated heterocycles. The standard InChI is InChI=1S/C13H19NO3/c1-8-5-9-6-13(16-2)10(7-12(9)17-8)11(14)3-4-15/h6-8,11,15H,3-5,14H2,1-2H3. The Hall–Kier alpha value is -1.26. The maximum atomic E-state index is 8.95. The first-order valence-corrected chi connectivity index (χ1v) is 5.89. The van der Waals surface area contributed by atoms with Gasteiger partial charge in [-0.2, -0.15) is 0 Å². The summed E-state index contributed by atoms with van der Waals surface area (Å²) < 4.78 is 11.1. The van der Waals surface area contributed by atoms with Crippen LogP contribution in [-0.2, 0) is 6.42 Å². The topological polar surface area (TPSA) is 64.7 Å². The minimum Gasteiger partial charge on any atom is -0.496 e. The van der Waals surface area contributed by atoms with Gasteiger partial charge in [-0.05, 0) is 25.5 Å². The Kier molecular flexibility index (Phi) is 3.54. The van der Waals surface area contributed by atoms with E-state index in [4.69, 9.17) is 20.3 Å². The number of fused-ring (bicyclic) bond motifs is 1. The second kappa shape index (κ2) is 4.94. The summed E-state index contributed by atoms with van der Waals surface area (Å²) in [4.78, 5) is 0. The monoisotopic (exact) mass is 237 g/mol. The van der Waals surface area contributed by atoms with Crippen LogP contribution >= 0.6 is 0 Å². The van der Waals surface area contributed by atoms with Crippen LogP contribution in [0.4, 0.5) is 0 Å². The van der Waals surface area contributed by atoms with Crippen molar-refractivity contribution in [1.29, 1.82) is 0 Å². The molecule has 0 aliphatic carbocycles. The summed E-state index contributed by atoms with van der Waals surface area (Å²) in [7, 11) is 1.64. The SMILES string of the molecule is COc1cc2c(cc1C(N)CCO)OC(C)C2. The number of rotatable bonds is 4. The molecule has 0 aromatic heterocycles. The lowest BCUT2D eigenvalue weighted by Crippen LogP contribution is -2.13. The maximum Gasteiger partial charge on any atom is 0.124 e. The fourth-order valence-corrected chi connectivity index (χ4v) is 2.22. The summed E-state index contributed by atoms with van der Waals surface area (Å²) >= 11 is 0. The predicted octanol–water partition coefficient (Wildman–Crippen LogP) is 1.40. The van der Waals surface area contributed by atoms with Gasteiger partial charge in [0.25, 0.3) is 0 Å². The van der Waals surface area contributed by atoms with E-state index < -0.39 is 0 Å². The Balaban J connectivity index is 2.35. The Morgan fingerprint density at radius 1 is 1.59 bits per heavy atom. The average molecular weight is 237 g/mol. The van der Waals surface area contributed by atoms with Gasteiger partial charge < -0.3 is 20.3 Å². The number of aliphatic hydroxyl groups is 1. The lowest BCUT2D eigenvalue weighted by molar-refractivity contribution is 0.253. The molecule has 2 rings (SSSR count). The third-order valence-corrected chi connectivity index (χ3v) is 3.09. The first-order chi connectivity index (χ1) is 8.15. The van der Waals surface area contributed by atoms with E-state index in [1.54, 1.807) is 7.11 Å². The first kappa shape index (κ1) is 12.2. The van der Waals surface area contributed by atoms with Crippen molar-refractivity contribution >= 4 is 0 Å². The summed E-state index contributed by atoms with van der Waals surface area (Å²) in [5, 5.41) is 8.95. The van der Waals surface area contributed by atoms with Gasteiger partial charge in [0, 0.05) is 30.2 Å². The molecule has 1 aromatic rings. The molecule has 0 fully saturated rings. The van der Waals surface area contributed by atoms with Crippen molar-refractivity contribution in [2.75, 3.05) is 13.7 Å². The number of hydrogen-bond acceptors (Lipinski definition) is 4. The van der Waals surface area contributed by atoms with Crippen molar-refractivity contribution in [1.82, 2.24) is 0 Å². The number of aliphatic hydroxyl groups excluding tert-OH is 1. The smallest absolute Gasteiger partial charge is 0.124 e. The molecule has 0 amide bonds. The Morgan fingerprint density at radius 3 is 3.00 bits per heavy atom. The Morgan fingerprint density at radius 2 is 2.35 bits per heavy atom. The lowest BCUT2D eigenvalue weighted by Gasteiger charge is -2.16. The van der Waals surface area contributed by atoms with Gasteiger partial charge in [0.1, 0.15) is 17.6 Å². The van der Waals surface area contributed by atoms with Crippen molar-refractivity contribution in [3.63, 3.8) is 0 Å². The number of hydrogen-bond donors (Lipinski definition) is 2. The second-order valence-corrected chi connectivity index (χ2v) is 4.45. The van der Waals surface area contributed by atoms with E-state index in [9.17, 15) is 0 Å². The van der Waals surface area contributed by atoms with Crippen molar-refractivity contribution in [2.45, 2.75) is 31.9 Å². The molecule has 0 bridgehead atoms. The third kappa shape index (κ3) is 2.37. The van der Waals surface area contributed by atoms with Gasteiger partial charge in [-0.25, -0.2) is 0 Å². The zero-order valence-electron chi connectivity index (χ0n) is 10.3. The molecule has 4 heteroatoms. The highest BCUT2D eigenvalue weighted by Crippen LogP contribution is 2.37. The quantitative estimate of drug-likeness (QED) is 0.830. The fourth-order valence-electron chi connectivity index (χ4n) is 2.22. The first-order valence-electron chi connectivity index (χ1n) is 5.89. The van der Waals surface area contributed by atoms with Crippen LogP contribution in [0.5, 0.6) is 11.5 Å². The molecular weight excluding hydrogens is 218 g/mol. The summed E-state index contributed by atoms with van der Waals surface area (Å²) in [5.41, 5.74) is 8.07. The molecule has 0 saturated carbocycles. The zero-order chi connectivity index (χ0) is 12.4. The van der Waals surface area contributed by atoms with Crippen LogP contribution in [0.3, 0.4) is 0 Å². The largest absolute Gasteiger partial charge is 0.496 e. The van der Waals surface area contributed by atoms with E-state index in [2.05, 4.69) is 0 Å². The average Bonchev–Trinajstić information content (AvgIpc) is 2.66. The molecule has 1 aliphatic rings. The molecule has 1 aromatic carbocycles. The van der Waals surface area contributed by atoms with Gasteiger partial charge in [0.2, 0.25) is 0 Å². The number of nitrogens with two attached hydrogens (primary N) is 1. The van der Waals surface area contributed by atoms with Crippen LogP contribution < -0.4 is 15.2 Å². The number of ether oxygens (including phenoxy) is 2. The minimum atomic E-state index is -0.222. The van der Waals surface area contributed by atoms with Crippen molar-refractivity contribution in [2.24, 2.45) is 5.73 Å². The maximum absolute atomic E-state index is 8.95. The van der Waals surface area contributed by atoms with Crippen molar-refractivity contribution in [3.05, 3.63) is 23.3 Å². The lowest BCUT2D eigenvalue weighted by atomic mass is 10.00. The van der Waals surface area contributed by atoms with Crippen LogP contribution in [0.1, 0.15) is 30.5 Å². The summed E-state index contributed by atoms with van der Waals surface area (Å²) in [6, 6.07) is 3.71. The summed E-state index contributed by atoms with van der Waals surface area (Å²) in [6.07, 6.45) is 1.63. The van der Waals surface area contributed by atoms with E-state index >= 15 is 0 Å². The molecule has 2 unspecified atom stereocenters. The van der Waals surface area contributed by atoms with Crippen LogP contribution in [0.2, 0.25) is 0 Å². The molecule has 4 nitrogen and oxygen atoms in total. The minimum absolute atomic E-state index is 0.0681. The normalized spacial score (nSPS) is 19.6. The molecule has 1 heterocycles. The van der Waals surface area contributed by atoms with E-state index in [1.165, 1.54) is 0 Å². The molecular formula is C13H19NO3. The van der Waals surface area contributed by atoms with Gasteiger partial charge in [0.05, 0.1) is 7.11 Å². The summed E-state index contributed by atoms with van der Waals surface area (Å²) in [6.45, 7) is 2.11. The highest BCUT2D eigenvalue weighted by atomic mass is 16.5. The number of benzene rings is 1. The van der Waals surface area contributed by atoms with Crippen LogP contribution in [0.15, 0.2) is 12.1 Å². The Bertz CT molecular complexity index is 406. The van der Waals surface area contributed by atoms with Gasteiger partial charge in [-0.1, -0.05) is 0 Å². The summed E-state index contributed by atoms with van der Waals surface area (Å²) in [5.74, 6) is 1.67. The molecule has 17 heavy (non-hydrogen) atoms. The van der Waals surface area contributed by atoms with E-state index in [-0.39, 0.29) is 18.8 Å². The fraction of sp³-hybridized carbons (Fsp3) is 0.538. The van der Waals surface area contributed by atoms with Crippen LogP contribution in [0.25, 0.3) is 0 Å². The second-order valence-electron chi connectivity index (χ2n) is 4.45. The molecule has 0 spiro atoms. The van der Waals surface area contributed by atoms with Gasteiger partial charge in [-0.3, -0.25) is 0 Å².